The Morgan fingerprint density at radius 1 is 1.03 bits per heavy atom. The Hall–Kier alpha value is -2.82. The molecule has 1 saturated heterocycles. The Morgan fingerprint density at radius 2 is 1.66 bits per heavy atom. The first kappa shape index (κ1) is 23.8. The van der Waals surface area contributed by atoms with Crippen LogP contribution >= 0.6 is 0 Å². The summed E-state index contributed by atoms with van der Waals surface area (Å²) >= 11 is 0. The van der Waals surface area contributed by atoms with Gasteiger partial charge in [0.2, 0.25) is 15.9 Å². The third kappa shape index (κ3) is 6.35. The van der Waals surface area contributed by atoms with E-state index >= 15 is 0 Å². The van der Waals surface area contributed by atoms with Crippen molar-refractivity contribution in [2.75, 3.05) is 31.5 Å². The molecule has 1 N–H and O–H groups in total. The number of amides is 1. The molecule has 1 fully saturated rings. The van der Waals surface area contributed by atoms with E-state index in [-0.39, 0.29) is 24.5 Å². The number of ether oxygens (including phenoxy) is 1. The normalized spacial score (nSPS) is 16.9. The van der Waals surface area contributed by atoms with Gasteiger partial charge in [0.15, 0.2) is 0 Å². The summed E-state index contributed by atoms with van der Waals surface area (Å²) in [5, 5.41) is 3.80. The van der Waals surface area contributed by atoms with Gasteiger partial charge in [-0.2, -0.15) is 13.1 Å². The zero-order valence-corrected chi connectivity index (χ0v) is 18.3. The lowest BCUT2D eigenvalue weighted by Crippen LogP contribution is -2.53. The molecule has 32 heavy (non-hydrogen) atoms. The maximum absolute atomic E-state index is 12.6. The number of piperazine rings is 1. The minimum atomic E-state index is -3.58. The van der Waals surface area contributed by atoms with E-state index < -0.39 is 28.6 Å². The highest BCUT2D eigenvalue weighted by Gasteiger charge is 2.30. The van der Waals surface area contributed by atoms with Crippen LogP contribution < -0.4 is 10.1 Å². The Morgan fingerprint density at radius 3 is 2.31 bits per heavy atom. The van der Waals surface area contributed by atoms with Crippen molar-refractivity contribution < 1.29 is 26.7 Å². The van der Waals surface area contributed by atoms with Crippen molar-refractivity contribution in [3.63, 3.8) is 0 Å². The minimum absolute atomic E-state index is 0.121. The van der Waals surface area contributed by atoms with Crippen LogP contribution in [0.2, 0.25) is 0 Å². The Labute approximate surface area is 186 Å². The number of hydrogen-bond donors (Lipinski definition) is 1. The smallest absolute Gasteiger partial charge is 0.387 e. The van der Waals surface area contributed by atoms with Crippen LogP contribution in [0.25, 0.3) is 6.08 Å². The Balaban J connectivity index is 1.57. The maximum atomic E-state index is 12.6. The number of halogens is 2. The van der Waals surface area contributed by atoms with E-state index in [1.54, 1.807) is 19.1 Å². The number of para-hydroxylation sites is 2. The van der Waals surface area contributed by atoms with E-state index in [0.29, 0.717) is 13.1 Å². The predicted octanol–water partition coefficient (Wildman–Crippen LogP) is 3.23. The number of sulfonamides is 1. The molecule has 10 heteroatoms. The van der Waals surface area contributed by atoms with Crippen molar-refractivity contribution in [1.82, 2.24) is 9.21 Å². The van der Waals surface area contributed by atoms with Crippen molar-refractivity contribution in [2.45, 2.75) is 19.6 Å². The first-order valence-electron chi connectivity index (χ1n) is 10.1. The molecule has 0 spiro atoms. The highest BCUT2D eigenvalue weighted by atomic mass is 32.2. The number of carbonyl (C=O) groups excluding carboxylic acids is 1. The lowest BCUT2D eigenvalue weighted by molar-refractivity contribution is -0.121. The van der Waals surface area contributed by atoms with Gasteiger partial charge in [-0.25, -0.2) is 8.42 Å². The van der Waals surface area contributed by atoms with Crippen molar-refractivity contribution in [1.29, 1.82) is 0 Å². The molecule has 2 aromatic carbocycles. The molecule has 1 amide bonds. The Bertz CT molecular complexity index is 1040. The van der Waals surface area contributed by atoms with Gasteiger partial charge in [-0.3, -0.25) is 9.69 Å². The summed E-state index contributed by atoms with van der Waals surface area (Å²) < 4.78 is 56.2. The summed E-state index contributed by atoms with van der Waals surface area (Å²) in [6.45, 7) is -0.110. The van der Waals surface area contributed by atoms with E-state index in [9.17, 15) is 22.0 Å². The summed E-state index contributed by atoms with van der Waals surface area (Å²) in [6.07, 6.45) is 1.55. The topological polar surface area (TPSA) is 79.0 Å². The average molecular weight is 466 g/mol. The SMILES string of the molecule is CC(C(=O)Nc1ccccc1OC(F)F)N1CCN(S(=O)(=O)/C=C/c2ccccc2)CC1. The van der Waals surface area contributed by atoms with E-state index in [2.05, 4.69) is 10.1 Å². The fourth-order valence-electron chi connectivity index (χ4n) is 3.33. The number of nitrogens with one attached hydrogen (secondary N) is 1. The van der Waals surface area contributed by atoms with Crippen LogP contribution in [0, 0.1) is 0 Å². The van der Waals surface area contributed by atoms with E-state index in [1.165, 1.54) is 27.9 Å². The number of carbonyl (C=O) groups is 1. The summed E-state index contributed by atoms with van der Waals surface area (Å²) in [4.78, 5) is 14.5. The van der Waals surface area contributed by atoms with Gasteiger partial charge in [-0.15, -0.1) is 0 Å². The van der Waals surface area contributed by atoms with Gasteiger partial charge in [-0.1, -0.05) is 42.5 Å². The van der Waals surface area contributed by atoms with Crippen LogP contribution in [0.5, 0.6) is 5.75 Å². The van der Waals surface area contributed by atoms with Gasteiger partial charge in [0.1, 0.15) is 5.75 Å². The summed E-state index contributed by atoms with van der Waals surface area (Å²) in [7, 11) is -3.58. The van der Waals surface area contributed by atoms with Crippen molar-refractivity contribution in [3.8, 4) is 5.75 Å². The molecule has 1 unspecified atom stereocenters. The van der Waals surface area contributed by atoms with Gasteiger partial charge in [-0.05, 0) is 30.7 Å². The standard InChI is InChI=1S/C22H25F2N3O4S/c1-17(21(28)25-19-9-5-6-10-20(19)31-22(23)24)26-12-14-27(15-13-26)32(29,30)16-11-18-7-3-2-4-8-18/h2-11,16-17,22H,12-15H2,1H3,(H,25,28)/b16-11+. The molecule has 0 aliphatic carbocycles. The molecule has 0 radical (unpaired) electrons. The first-order valence-corrected chi connectivity index (χ1v) is 11.6. The second-order valence-corrected chi connectivity index (χ2v) is 9.05. The molecule has 1 atom stereocenters. The highest BCUT2D eigenvalue weighted by Crippen LogP contribution is 2.26. The number of nitrogens with zero attached hydrogens (tertiary/aromatic N) is 2. The van der Waals surface area contributed by atoms with Gasteiger partial charge in [0, 0.05) is 31.6 Å². The number of alkyl halides is 2. The second kappa shape index (κ2) is 10.7. The third-order valence-electron chi connectivity index (χ3n) is 5.15. The van der Waals surface area contributed by atoms with E-state index in [4.69, 9.17) is 0 Å². The van der Waals surface area contributed by atoms with Gasteiger partial charge in [0.05, 0.1) is 11.7 Å². The molecular weight excluding hydrogens is 440 g/mol. The lowest BCUT2D eigenvalue weighted by atomic mass is 10.2. The average Bonchev–Trinajstić information content (AvgIpc) is 2.79. The molecular formula is C22H25F2N3O4S. The fourth-order valence-corrected chi connectivity index (χ4v) is 4.51. The molecule has 1 aliphatic rings. The van der Waals surface area contributed by atoms with Gasteiger partial charge < -0.3 is 10.1 Å². The second-order valence-electron chi connectivity index (χ2n) is 7.23. The maximum Gasteiger partial charge on any atom is 0.387 e. The van der Waals surface area contributed by atoms with Crippen LogP contribution in [-0.4, -0.2) is 62.4 Å². The Kier molecular flexibility index (Phi) is 7.94. The monoisotopic (exact) mass is 465 g/mol. The molecule has 2 aromatic rings. The van der Waals surface area contributed by atoms with Crippen molar-refractivity contribution in [2.24, 2.45) is 0 Å². The van der Waals surface area contributed by atoms with Crippen LogP contribution in [0.4, 0.5) is 14.5 Å². The number of hydrogen-bond acceptors (Lipinski definition) is 5. The number of benzene rings is 2. The molecule has 172 valence electrons. The largest absolute Gasteiger partial charge is 0.433 e. The fraction of sp³-hybridized carbons (Fsp3) is 0.318. The zero-order valence-electron chi connectivity index (χ0n) is 17.5. The molecule has 1 heterocycles. The quantitative estimate of drug-likeness (QED) is 0.648. The first-order chi connectivity index (χ1) is 15.3. The van der Waals surface area contributed by atoms with Crippen LogP contribution in [-0.2, 0) is 14.8 Å². The summed E-state index contributed by atoms with van der Waals surface area (Å²) in [5.41, 5.74) is 0.938. The number of rotatable bonds is 8. The van der Waals surface area contributed by atoms with Crippen molar-refractivity contribution in [3.05, 3.63) is 65.6 Å². The lowest BCUT2D eigenvalue weighted by Gasteiger charge is -2.36. The summed E-state index contributed by atoms with van der Waals surface area (Å²) in [5.74, 6) is -0.514. The highest BCUT2D eigenvalue weighted by molar-refractivity contribution is 7.92. The van der Waals surface area contributed by atoms with Crippen LogP contribution in [0.3, 0.4) is 0 Å². The zero-order chi connectivity index (χ0) is 23.1. The van der Waals surface area contributed by atoms with Crippen molar-refractivity contribution >= 4 is 27.7 Å². The predicted molar refractivity (Wildman–Crippen MR) is 119 cm³/mol. The molecule has 0 bridgehead atoms. The molecule has 0 aromatic heterocycles. The van der Waals surface area contributed by atoms with Gasteiger partial charge in [0.25, 0.3) is 0 Å². The van der Waals surface area contributed by atoms with Gasteiger partial charge >= 0.3 is 6.61 Å². The third-order valence-corrected chi connectivity index (χ3v) is 6.72. The van der Waals surface area contributed by atoms with Crippen LogP contribution in [0.1, 0.15) is 12.5 Å². The van der Waals surface area contributed by atoms with E-state index in [0.717, 1.165) is 5.56 Å². The molecule has 0 saturated carbocycles. The number of anilines is 1. The summed E-state index contributed by atoms with van der Waals surface area (Å²) in [6, 6.07) is 14.5. The minimum Gasteiger partial charge on any atom is -0.433 e. The van der Waals surface area contributed by atoms with E-state index in [1.807, 2.05) is 35.2 Å². The van der Waals surface area contributed by atoms with Crippen LogP contribution in [0.15, 0.2) is 60.0 Å². The molecule has 7 nitrogen and oxygen atoms in total. The molecule has 3 rings (SSSR count). The molecule has 1 aliphatic heterocycles.